The number of aliphatic hydroxyl groups excluding tert-OH is 2. The highest BCUT2D eigenvalue weighted by Gasteiger charge is 2.52. The molecule has 12 heteroatoms. The Labute approximate surface area is 284 Å². The Hall–Kier alpha value is -0.980. The van der Waals surface area contributed by atoms with E-state index in [-0.39, 0.29) is 23.8 Å². The molecule has 3 heterocycles. The summed E-state index contributed by atoms with van der Waals surface area (Å²) in [6.45, 7) is 7.25. The summed E-state index contributed by atoms with van der Waals surface area (Å²) in [5.74, 6) is -1.88. The van der Waals surface area contributed by atoms with Crippen molar-refractivity contribution in [1.29, 1.82) is 0 Å². The minimum absolute atomic E-state index is 0.0769. The summed E-state index contributed by atoms with van der Waals surface area (Å²) in [5.41, 5.74) is 1.05. The predicted octanol–water partition coefficient (Wildman–Crippen LogP) is 6.80. The van der Waals surface area contributed by atoms with Gasteiger partial charge in [0, 0.05) is 20.3 Å². The van der Waals surface area contributed by atoms with Gasteiger partial charge in [0.25, 0.3) is 0 Å². The molecule has 5 rings (SSSR count). The molecule has 0 radical (unpaired) electrons. The van der Waals surface area contributed by atoms with Crippen LogP contribution in [0.25, 0.3) is 0 Å². The van der Waals surface area contributed by atoms with Crippen LogP contribution in [0.3, 0.4) is 0 Å². The lowest BCUT2D eigenvalue weighted by Gasteiger charge is -2.26. The van der Waals surface area contributed by atoms with Crippen molar-refractivity contribution in [3.05, 3.63) is 55.7 Å². The molecule has 0 amide bonds. The zero-order chi connectivity index (χ0) is 32.5. The van der Waals surface area contributed by atoms with Gasteiger partial charge < -0.3 is 33.9 Å². The minimum Gasteiger partial charge on any atom is -0.459 e. The van der Waals surface area contributed by atoms with E-state index >= 15 is 0 Å². The summed E-state index contributed by atoms with van der Waals surface area (Å²) >= 11 is 20.4. The second-order valence-corrected chi connectivity index (χ2v) is 15.8. The molecule has 250 valence electrons. The lowest BCUT2D eigenvalue weighted by atomic mass is 9.85. The van der Waals surface area contributed by atoms with E-state index < -0.39 is 48.1 Å². The topological polar surface area (TPSA) is 104 Å². The second-order valence-electron chi connectivity index (χ2n) is 13.2. The number of alkyl halides is 1. The molecule has 1 aromatic heterocycles. The lowest BCUT2D eigenvalue weighted by Crippen LogP contribution is -2.45. The Kier molecular flexibility index (Phi) is 11.5. The number of ether oxygens (including phenoxy) is 5. The number of benzene rings is 1. The van der Waals surface area contributed by atoms with E-state index in [1.807, 2.05) is 32.0 Å². The molecule has 45 heavy (non-hydrogen) atoms. The van der Waals surface area contributed by atoms with E-state index in [1.165, 1.54) is 11.3 Å². The number of carbonyl (C=O) groups is 1. The van der Waals surface area contributed by atoms with Crippen molar-refractivity contribution in [2.24, 2.45) is 11.8 Å². The molecular formula is C33H43Cl3O8S. The smallest absolute Gasteiger partial charge is 0.348 e. The van der Waals surface area contributed by atoms with Crippen LogP contribution in [0.4, 0.5) is 0 Å². The molecular weight excluding hydrogens is 663 g/mol. The third-order valence-corrected chi connectivity index (χ3v) is 10.9. The third kappa shape index (κ3) is 9.13. The van der Waals surface area contributed by atoms with Gasteiger partial charge in [-0.2, -0.15) is 0 Å². The maximum atomic E-state index is 12.9. The molecule has 2 N–H and O–H groups in total. The normalized spacial score (nSPS) is 31.4. The molecule has 1 saturated carbocycles. The third-order valence-electron chi connectivity index (χ3n) is 8.81. The quantitative estimate of drug-likeness (QED) is 0.184. The number of hydrogen-bond acceptors (Lipinski definition) is 9. The fourth-order valence-corrected chi connectivity index (χ4v) is 8.77. The van der Waals surface area contributed by atoms with E-state index in [9.17, 15) is 15.0 Å². The molecule has 2 aliphatic heterocycles. The Balaban J connectivity index is 1.09. The van der Waals surface area contributed by atoms with Crippen LogP contribution in [0.2, 0.25) is 10.0 Å². The Morgan fingerprint density at radius 1 is 1.02 bits per heavy atom. The number of carbonyl (C=O) groups excluding carboxylic acids is 1. The Bertz CT molecular complexity index is 1300. The molecule has 1 unspecified atom stereocenters. The Morgan fingerprint density at radius 3 is 2.44 bits per heavy atom. The van der Waals surface area contributed by atoms with E-state index in [1.54, 1.807) is 26.0 Å². The monoisotopic (exact) mass is 704 g/mol. The van der Waals surface area contributed by atoms with E-state index in [0.717, 1.165) is 42.5 Å². The highest BCUT2D eigenvalue weighted by Crippen LogP contribution is 2.42. The van der Waals surface area contributed by atoms with Crippen LogP contribution in [0, 0.1) is 11.8 Å². The standard InChI is InChI=1S/C33H43Cl3O8S/c1-32(2)41-17-27(42-32)30-29(43-33(3,4)44-30)26(38)16-40-31(39)28-11-9-21(45-28)6-5-7-22-23(25(37)15-24(22)36)10-8-18-12-19(34)14-20(35)13-18/h9,11-14,22-27,29-30,37-38H,5-8,10,15-17H2,1-4H3/t22-,23-,24-,25-,26?,27-,29-,30-/m1/s1. The summed E-state index contributed by atoms with van der Waals surface area (Å²) < 4.78 is 29.1. The number of esters is 1. The van der Waals surface area contributed by atoms with Gasteiger partial charge in [-0.15, -0.1) is 22.9 Å². The van der Waals surface area contributed by atoms with Crippen LogP contribution in [-0.4, -0.2) is 76.9 Å². The van der Waals surface area contributed by atoms with E-state index in [0.29, 0.717) is 28.0 Å². The van der Waals surface area contributed by atoms with Crippen LogP contribution in [0.15, 0.2) is 30.3 Å². The molecule has 0 bridgehead atoms. The SMILES string of the molecule is CC1(C)O[C@H]([C@H]2COC(C)(C)O2)[C@@H](C(O)COC(=O)c2ccc(CCC[C@@H]3[C@@H](CCc4cc(Cl)cc(Cl)c4)[C@H](O)C[C@H]3Cl)s2)O1. The van der Waals surface area contributed by atoms with Crippen molar-refractivity contribution in [2.75, 3.05) is 13.2 Å². The number of aryl methyl sites for hydroxylation is 2. The number of rotatable bonds is 12. The van der Waals surface area contributed by atoms with Crippen LogP contribution >= 0.6 is 46.1 Å². The molecule has 3 aliphatic rings. The van der Waals surface area contributed by atoms with Crippen LogP contribution < -0.4 is 0 Å². The minimum atomic E-state index is -1.11. The maximum absolute atomic E-state index is 12.9. The van der Waals surface area contributed by atoms with Crippen molar-refractivity contribution in [1.82, 2.24) is 0 Å². The van der Waals surface area contributed by atoms with Gasteiger partial charge in [0.1, 0.15) is 35.9 Å². The van der Waals surface area contributed by atoms with Crippen molar-refractivity contribution < 1.29 is 38.7 Å². The van der Waals surface area contributed by atoms with Crippen molar-refractivity contribution >= 4 is 52.1 Å². The first-order chi connectivity index (χ1) is 21.2. The number of thiophene rings is 1. The number of hydrogen-bond donors (Lipinski definition) is 2. The van der Waals surface area contributed by atoms with Crippen LogP contribution in [0.5, 0.6) is 0 Å². The number of aliphatic hydroxyl groups is 2. The molecule has 1 aliphatic carbocycles. The fraction of sp³-hybridized carbons (Fsp3) is 0.667. The largest absolute Gasteiger partial charge is 0.459 e. The molecule has 8 atom stereocenters. The first-order valence-electron chi connectivity index (χ1n) is 15.6. The zero-order valence-corrected chi connectivity index (χ0v) is 29.1. The molecule has 8 nitrogen and oxygen atoms in total. The lowest BCUT2D eigenvalue weighted by molar-refractivity contribution is -0.175. The summed E-state index contributed by atoms with van der Waals surface area (Å²) in [6.07, 6.45) is 1.43. The number of halogens is 3. The van der Waals surface area contributed by atoms with Gasteiger partial charge in [-0.3, -0.25) is 0 Å². The summed E-state index contributed by atoms with van der Waals surface area (Å²) in [5, 5.41) is 22.8. The summed E-state index contributed by atoms with van der Waals surface area (Å²) in [6, 6.07) is 9.23. The van der Waals surface area contributed by atoms with E-state index in [2.05, 4.69) is 0 Å². The van der Waals surface area contributed by atoms with E-state index in [4.69, 9.17) is 58.5 Å². The van der Waals surface area contributed by atoms with Gasteiger partial charge in [0.15, 0.2) is 11.6 Å². The van der Waals surface area contributed by atoms with Gasteiger partial charge in [-0.1, -0.05) is 23.2 Å². The predicted molar refractivity (Wildman–Crippen MR) is 174 cm³/mol. The average Bonchev–Trinajstić information content (AvgIpc) is 3.70. The van der Waals surface area contributed by atoms with Crippen molar-refractivity contribution in [3.63, 3.8) is 0 Å². The molecule has 2 aromatic rings. The highest BCUT2D eigenvalue weighted by molar-refractivity contribution is 7.13. The first kappa shape index (κ1) is 35.3. The van der Waals surface area contributed by atoms with Gasteiger partial charge in [0.05, 0.1) is 12.7 Å². The highest BCUT2D eigenvalue weighted by atomic mass is 35.5. The van der Waals surface area contributed by atoms with Crippen LogP contribution in [-0.2, 0) is 36.5 Å². The van der Waals surface area contributed by atoms with Crippen molar-refractivity contribution in [2.45, 2.75) is 114 Å². The molecule has 2 saturated heterocycles. The molecule has 1 aromatic carbocycles. The van der Waals surface area contributed by atoms with Gasteiger partial charge in [-0.05, 0) is 114 Å². The van der Waals surface area contributed by atoms with Gasteiger partial charge in [-0.25, -0.2) is 4.79 Å². The van der Waals surface area contributed by atoms with Crippen LogP contribution in [0.1, 0.15) is 73.5 Å². The molecule has 3 fully saturated rings. The maximum Gasteiger partial charge on any atom is 0.348 e. The van der Waals surface area contributed by atoms with Gasteiger partial charge in [0.2, 0.25) is 0 Å². The van der Waals surface area contributed by atoms with Crippen molar-refractivity contribution in [3.8, 4) is 0 Å². The second kappa shape index (κ2) is 14.6. The summed E-state index contributed by atoms with van der Waals surface area (Å²) in [7, 11) is 0. The first-order valence-corrected chi connectivity index (χ1v) is 17.6. The Morgan fingerprint density at radius 2 is 1.76 bits per heavy atom. The molecule has 0 spiro atoms. The average molecular weight is 706 g/mol. The fourth-order valence-electron chi connectivity index (χ4n) is 6.76. The summed E-state index contributed by atoms with van der Waals surface area (Å²) in [4.78, 5) is 14.4. The van der Waals surface area contributed by atoms with Gasteiger partial charge >= 0.3 is 5.97 Å². The zero-order valence-electron chi connectivity index (χ0n) is 26.0.